The molecule has 0 bridgehead atoms. The van der Waals surface area contributed by atoms with Crippen molar-refractivity contribution in [3.63, 3.8) is 0 Å². The second kappa shape index (κ2) is 3.79. The zero-order valence-electron chi connectivity index (χ0n) is 12.9. The number of hydrogen-bond donors (Lipinski definition) is 0. The van der Waals surface area contributed by atoms with E-state index in [1.165, 1.54) is 36.8 Å². The van der Waals surface area contributed by atoms with Gasteiger partial charge in [0.1, 0.15) is 0 Å². The standard InChI is InChI=1S/C18H25Cl/c1-16(2)6-8-18(5)9-7-17(3,4)14-11-12(19)10-13(16)15(14)18/h10-11H,6-9H2,1-5H3. The molecule has 0 unspecified atom stereocenters. The summed E-state index contributed by atoms with van der Waals surface area (Å²) in [6.07, 6.45) is 5.18. The molecular formula is C18H25Cl. The highest BCUT2D eigenvalue weighted by molar-refractivity contribution is 6.30. The average molecular weight is 277 g/mol. The molecule has 0 spiro atoms. The van der Waals surface area contributed by atoms with Gasteiger partial charge < -0.3 is 0 Å². The van der Waals surface area contributed by atoms with Gasteiger partial charge in [-0.05, 0) is 70.8 Å². The molecule has 0 aromatic heterocycles. The van der Waals surface area contributed by atoms with E-state index in [0.29, 0.717) is 5.41 Å². The molecule has 2 aliphatic carbocycles. The van der Waals surface area contributed by atoms with Gasteiger partial charge in [-0.2, -0.15) is 0 Å². The molecular weight excluding hydrogens is 252 g/mol. The Hall–Kier alpha value is -0.490. The van der Waals surface area contributed by atoms with Crippen LogP contribution in [0, 0.1) is 0 Å². The monoisotopic (exact) mass is 276 g/mol. The maximum Gasteiger partial charge on any atom is 0.0412 e. The van der Waals surface area contributed by atoms with E-state index in [9.17, 15) is 0 Å². The molecule has 1 aromatic carbocycles. The van der Waals surface area contributed by atoms with Crippen molar-refractivity contribution in [2.45, 2.75) is 76.5 Å². The number of hydrogen-bond acceptors (Lipinski definition) is 0. The van der Waals surface area contributed by atoms with Gasteiger partial charge in [-0.25, -0.2) is 0 Å². The summed E-state index contributed by atoms with van der Waals surface area (Å²) < 4.78 is 0. The highest BCUT2D eigenvalue weighted by atomic mass is 35.5. The average Bonchev–Trinajstić information content (AvgIpc) is 2.31. The minimum absolute atomic E-state index is 0.266. The third-order valence-electron chi connectivity index (χ3n) is 5.77. The lowest BCUT2D eigenvalue weighted by molar-refractivity contribution is 0.242. The highest BCUT2D eigenvalue weighted by Crippen LogP contribution is 2.56. The summed E-state index contributed by atoms with van der Waals surface area (Å²) in [4.78, 5) is 0. The van der Waals surface area contributed by atoms with Crippen molar-refractivity contribution in [3.05, 3.63) is 33.8 Å². The molecule has 3 rings (SSSR count). The predicted molar refractivity (Wildman–Crippen MR) is 83.3 cm³/mol. The van der Waals surface area contributed by atoms with Crippen molar-refractivity contribution >= 4 is 11.6 Å². The van der Waals surface area contributed by atoms with E-state index in [-0.39, 0.29) is 10.8 Å². The number of halogens is 1. The van der Waals surface area contributed by atoms with Crippen molar-refractivity contribution < 1.29 is 0 Å². The number of benzene rings is 1. The zero-order chi connectivity index (χ0) is 14.1. The first-order valence-corrected chi connectivity index (χ1v) is 7.89. The van der Waals surface area contributed by atoms with E-state index in [1.807, 2.05) is 0 Å². The first kappa shape index (κ1) is 13.5. The molecule has 0 saturated carbocycles. The van der Waals surface area contributed by atoms with Gasteiger partial charge in [0.25, 0.3) is 0 Å². The molecule has 0 fully saturated rings. The Bertz CT molecular complexity index is 496. The van der Waals surface area contributed by atoms with Gasteiger partial charge in [0.05, 0.1) is 0 Å². The van der Waals surface area contributed by atoms with Crippen LogP contribution in [0.25, 0.3) is 0 Å². The second-order valence-electron chi connectivity index (χ2n) is 8.20. The fourth-order valence-electron chi connectivity index (χ4n) is 4.15. The summed E-state index contributed by atoms with van der Waals surface area (Å²) in [5.74, 6) is 0. The van der Waals surface area contributed by atoms with Crippen LogP contribution in [0.2, 0.25) is 5.02 Å². The molecule has 104 valence electrons. The lowest BCUT2D eigenvalue weighted by atomic mass is 9.53. The quantitative estimate of drug-likeness (QED) is 0.567. The van der Waals surface area contributed by atoms with Crippen LogP contribution in [0.3, 0.4) is 0 Å². The molecule has 2 aliphatic rings. The molecule has 0 amide bonds. The van der Waals surface area contributed by atoms with Crippen LogP contribution in [0.1, 0.15) is 77.0 Å². The molecule has 0 nitrogen and oxygen atoms in total. The van der Waals surface area contributed by atoms with Crippen molar-refractivity contribution in [2.24, 2.45) is 0 Å². The fourth-order valence-corrected chi connectivity index (χ4v) is 4.36. The summed E-state index contributed by atoms with van der Waals surface area (Å²) in [6.45, 7) is 12.0. The molecule has 0 heterocycles. The van der Waals surface area contributed by atoms with Crippen LogP contribution in [0.15, 0.2) is 12.1 Å². The lowest BCUT2D eigenvalue weighted by Gasteiger charge is -2.51. The first-order chi connectivity index (χ1) is 8.66. The summed E-state index contributed by atoms with van der Waals surface area (Å²) in [5.41, 5.74) is 5.56. The molecule has 0 atom stereocenters. The normalized spacial score (nSPS) is 25.8. The maximum absolute atomic E-state index is 6.43. The van der Waals surface area contributed by atoms with Gasteiger partial charge in [0, 0.05) is 5.02 Å². The summed E-state index contributed by atoms with van der Waals surface area (Å²) in [6, 6.07) is 4.47. The summed E-state index contributed by atoms with van der Waals surface area (Å²) in [5, 5.41) is 0.918. The Balaban J connectivity index is 2.37. The van der Waals surface area contributed by atoms with Crippen molar-refractivity contribution in [3.8, 4) is 0 Å². The topological polar surface area (TPSA) is 0 Å². The molecule has 19 heavy (non-hydrogen) atoms. The Kier molecular flexibility index (Phi) is 2.69. The first-order valence-electron chi connectivity index (χ1n) is 7.51. The van der Waals surface area contributed by atoms with Gasteiger partial charge in [0.2, 0.25) is 0 Å². The van der Waals surface area contributed by atoms with Gasteiger partial charge in [0.15, 0.2) is 0 Å². The molecule has 0 N–H and O–H groups in total. The third-order valence-corrected chi connectivity index (χ3v) is 5.99. The molecule has 1 heteroatoms. The second-order valence-corrected chi connectivity index (χ2v) is 8.64. The van der Waals surface area contributed by atoms with E-state index in [0.717, 1.165) is 5.02 Å². The summed E-state index contributed by atoms with van der Waals surface area (Å²) >= 11 is 6.43. The van der Waals surface area contributed by atoms with Crippen molar-refractivity contribution in [1.29, 1.82) is 0 Å². The third kappa shape index (κ3) is 1.87. The molecule has 0 aliphatic heterocycles. The van der Waals surface area contributed by atoms with Crippen LogP contribution in [0.4, 0.5) is 0 Å². The van der Waals surface area contributed by atoms with Gasteiger partial charge in [-0.1, -0.05) is 46.2 Å². The fraction of sp³-hybridized carbons (Fsp3) is 0.667. The molecule has 1 aromatic rings. The van der Waals surface area contributed by atoms with E-state index in [2.05, 4.69) is 46.8 Å². The van der Waals surface area contributed by atoms with Crippen LogP contribution in [0.5, 0.6) is 0 Å². The Morgan fingerprint density at radius 2 is 1.21 bits per heavy atom. The smallest absolute Gasteiger partial charge is 0.0412 e. The lowest BCUT2D eigenvalue weighted by Crippen LogP contribution is -2.43. The van der Waals surface area contributed by atoms with E-state index in [1.54, 1.807) is 5.56 Å². The van der Waals surface area contributed by atoms with Gasteiger partial charge in [-0.3, -0.25) is 0 Å². The van der Waals surface area contributed by atoms with Gasteiger partial charge >= 0.3 is 0 Å². The van der Waals surface area contributed by atoms with Crippen LogP contribution >= 0.6 is 11.6 Å². The largest absolute Gasteiger partial charge is 0.0843 e. The minimum Gasteiger partial charge on any atom is -0.0843 e. The van der Waals surface area contributed by atoms with Crippen LogP contribution in [-0.2, 0) is 16.2 Å². The number of rotatable bonds is 0. The minimum atomic E-state index is 0.266. The van der Waals surface area contributed by atoms with Crippen molar-refractivity contribution in [2.75, 3.05) is 0 Å². The Morgan fingerprint density at radius 3 is 1.63 bits per heavy atom. The van der Waals surface area contributed by atoms with E-state index < -0.39 is 0 Å². The maximum atomic E-state index is 6.43. The van der Waals surface area contributed by atoms with Crippen LogP contribution in [-0.4, -0.2) is 0 Å². The Morgan fingerprint density at radius 1 is 0.789 bits per heavy atom. The SMILES string of the molecule is CC1(C)CCC2(C)CCC(C)(C)c3cc(Cl)cc1c32. The molecule has 0 radical (unpaired) electrons. The Labute approximate surface area is 122 Å². The van der Waals surface area contributed by atoms with E-state index in [4.69, 9.17) is 11.6 Å². The van der Waals surface area contributed by atoms with E-state index >= 15 is 0 Å². The zero-order valence-corrected chi connectivity index (χ0v) is 13.6. The van der Waals surface area contributed by atoms with Crippen LogP contribution < -0.4 is 0 Å². The summed E-state index contributed by atoms with van der Waals surface area (Å²) in [7, 11) is 0. The van der Waals surface area contributed by atoms with Crippen molar-refractivity contribution in [1.82, 2.24) is 0 Å². The highest BCUT2D eigenvalue weighted by Gasteiger charge is 2.46. The predicted octanol–water partition coefficient (Wildman–Crippen LogP) is 5.74. The van der Waals surface area contributed by atoms with Gasteiger partial charge in [-0.15, -0.1) is 0 Å². The molecule has 0 saturated heterocycles.